The van der Waals surface area contributed by atoms with E-state index in [1.807, 2.05) is 0 Å². The first-order valence-corrected chi connectivity index (χ1v) is 8.50. The summed E-state index contributed by atoms with van der Waals surface area (Å²) in [6.45, 7) is 0.808. The molecule has 7 heteroatoms. The summed E-state index contributed by atoms with van der Waals surface area (Å²) in [5.41, 5.74) is 2.78. The molecule has 0 atom stereocenters. The van der Waals surface area contributed by atoms with Gasteiger partial charge in [-0.05, 0) is 43.5 Å². The SMILES string of the molecule is O=[N+]([O-])c1ccc(-n2nc(-c3ccccc3F)c3c2NCCCC3)cc1. The highest BCUT2D eigenvalue weighted by Crippen LogP contribution is 2.35. The molecule has 0 aliphatic carbocycles. The standard InChI is InChI=1S/C19H17FN4O2/c20-17-7-2-1-5-15(17)18-16-6-3-4-12-21-19(16)23(22-18)13-8-10-14(11-9-13)24(25)26/h1-2,5,7-11,21H,3-4,6,12H2. The van der Waals surface area contributed by atoms with Crippen molar-refractivity contribution >= 4 is 11.5 Å². The number of hydrogen-bond acceptors (Lipinski definition) is 4. The van der Waals surface area contributed by atoms with Crippen molar-refractivity contribution in [1.82, 2.24) is 9.78 Å². The Morgan fingerprint density at radius 3 is 2.62 bits per heavy atom. The van der Waals surface area contributed by atoms with Gasteiger partial charge in [-0.2, -0.15) is 5.10 Å². The zero-order chi connectivity index (χ0) is 18.1. The van der Waals surface area contributed by atoms with Crippen molar-refractivity contribution < 1.29 is 9.31 Å². The molecule has 0 saturated heterocycles. The third-order valence-corrected chi connectivity index (χ3v) is 4.56. The van der Waals surface area contributed by atoms with Crippen LogP contribution in [-0.2, 0) is 6.42 Å². The number of nitro groups is 1. The van der Waals surface area contributed by atoms with Crippen molar-refractivity contribution in [2.24, 2.45) is 0 Å². The summed E-state index contributed by atoms with van der Waals surface area (Å²) in [4.78, 5) is 10.4. The number of hydrogen-bond donors (Lipinski definition) is 1. The van der Waals surface area contributed by atoms with Gasteiger partial charge in [0.15, 0.2) is 0 Å². The first-order valence-electron chi connectivity index (χ1n) is 8.50. The lowest BCUT2D eigenvalue weighted by atomic mass is 10.0. The van der Waals surface area contributed by atoms with E-state index >= 15 is 0 Å². The number of non-ortho nitro benzene ring substituents is 1. The molecule has 0 amide bonds. The topological polar surface area (TPSA) is 73.0 Å². The number of nitrogens with zero attached hydrogens (tertiary/aromatic N) is 3. The monoisotopic (exact) mass is 352 g/mol. The van der Waals surface area contributed by atoms with Crippen LogP contribution in [0.5, 0.6) is 0 Å². The Bertz CT molecular complexity index is 966. The molecule has 1 aromatic heterocycles. The molecule has 0 unspecified atom stereocenters. The van der Waals surface area contributed by atoms with Gasteiger partial charge in [-0.1, -0.05) is 12.1 Å². The van der Waals surface area contributed by atoms with E-state index in [-0.39, 0.29) is 11.5 Å². The first-order chi connectivity index (χ1) is 12.6. The van der Waals surface area contributed by atoms with Crippen molar-refractivity contribution in [2.75, 3.05) is 11.9 Å². The van der Waals surface area contributed by atoms with E-state index in [2.05, 4.69) is 10.4 Å². The van der Waals surface area contributed by atoms with Crippen molar-refractivity contribution in [3.63, 3.8) is 0 Å². The number of anilines is 1. The highest BCUT2D eigenvalue weighted by molar-refractivity contribution is 5.71. The minimum absolute atomic E-state index is 0.0225. The Morgan fingerprint density at radius 1 is 1.12 bits per heavy atom. The number of rotatable bonds is 3. The van der Waals surface area contributed by atoms with Gasteiger partial charge in [0.1, 0.15) is 17.3 Å². The molecule has 4 rings (SSSR count). The molecule has 1 aliphatic rings. The van der Waals surface area contributed by atoms with Crippen LogP contribution >= 0.6 is 0 Å². The summed E-state index contributed by atoms with van der Waals surface area (Å²) in [6, 6.07) is 12.8. The van der Waals surface area contributed by atoms with E-state index in [4.69, 9.17) is 0 Å². The first kappa shape index (κ1) is 16.3. The van der Waals surface area contributed by atoms with Gasteiger partial charge >= 0.3 is 0 Å². The molecule has 6 nitrogen and oxygen atoms in total. The van der Waals surface area contributed by atoms with Crippen molar-refractivity contribution in [1.29, 1.82) is 0 Å². The maximum Gasteiger partial charge on any atom is 0.269 e. The summed E-state index contributed by atoms with van der Waals surface area (Å²) in [6.07, 6.45) is 2.82. The summed E-state index contributed by atoms with van der Waals surface area (Å²) in [5, 5.41) is 18.9. The largest absolute Gasteiger partial charge is 0.370 e. The van der Waals surface area contributed by atoms with Gasteiger partial charge in [0.05, 0.1) is 10.6 Å². The second-order valence-electron chi connectivity index (χ2n) is 6.22. The van der Waals surface area contributed by atoms with Crippen LogP contribution in [0.1, 0.15) is 18.4 Å². The quantitative estimate of drug-likeness (QED) is 0.562. The van der Waals surface area contributed by atoms with Crippen LogP contribution in [0.3, 0.4) is 0 Å². The lowest BCUT2D eigenvalue weighted by Gasteiger charge is -2.09. The fraction of sp³-hybridized carbons (Fsp3) is 0.211. The molecule has 0 radical (unpaired) electrons. The maximum absolute atomic E-state index is 14.4. The van der Waals surface area contributed by atoms with Crippen LogP contribution in [0.25, 0.3) is 16.9 Å². The molecular weight excluding hydrogens is 335 g/mol. The smallest absolute Gasteiger partial charge is 0.269 e. The predicted octanol–water partition coefficient (Wildman–Crippen LogP) is 4.33. The molecule has 0 spiro atoms. The van der Waals surface area contributed by atoms with Crippen LogP contribution in [0.4, 0.5) is 15.9 Å². The Kier molecular flexibility index (Phi) is 4.12. The van der Waals surface area contributed by atoms with E-state index < -0.39 is 4.92 Å². The highest BCUT2D eigenvalue weighted by Gasteiger charge is 2.23. The Morgan fingerprint density at radius 2 is 1.88 bits per heavy atom. The van der Waals surface area contributed by atoms with Crippen molar-refractivity contribution in [3.8, 4) is 16.9 Å². The molecule has 3 aromatic rings. The average molecular weight is 352 g/mol. The van der Waals surface area contributed by atoms with Gasteiger partial charge in [0.25, 0.3) is 5.69 Å². The molecule has 0 saturated carbocycles. The number of halogens is 1. The zero-order valence-electron chi connectivity index (χ0n) is 14.0. The van der Waals surface area contributed by atoms with Gasteiger partial charge in [0, 0.05) is 29.8 Å². The summed E-state index contributed by atoms with van der Waals surface area (Å²) >= 11 is 0. The van der Waals surface area contributed by atoms with Crippen LogP contribution in [-0.4, -0.2) is 21.2 Å². The number of benzene rings is 2. The molecule has 132 valence electrons. The van der Waals surface area contributed by atoms with Crippen LogP contribution in [0.15, 0.2) is 48.5 Å². The van der Waals surface area contributed by atoms with E-state index in [1.165, 1.54) is 18.2 Å². The molecule has 2 aromatic carbocycles. The normalized spacial score (nSPS) is 13.6. The molecule has 0 bridgehead atoms. The molecule has 1 aliphatic heterocycles. The van der Waals surface area contributed by atoms with Gasteiger partial charge in [-0.3, -0.25) is 10.1 Å². The maximum atomic E-state index is 14.4. The minimum Gasteiger partial charge on any atom is -0.370 e. The molecule has 0 fully saturated rings. The Balaban J connectivity index is 1.87. The van der Waals surface area contributed by atoms with Gasteiger partial charge in [-0.15, -0.1) is 0 Å². The fourth-order valence-corrected chi connectivity index (χ4v) is 3.27. The number of nitro benzene ring substituents is 1. The number of fused-ring (bicyclic) bond motifs is 1. The fourth-order valence-electron chi connectivity index (χ4n) is 3.27. The van der Waals surface area contributed by atoms with Crippen LogP contribution < -0.4 is 5.32 Å². The van der Waals surface area contributed by atoms with Crippen LogP contribution in [0, 0.1) is 15.9 Å². The summed E-state index contributed by atoms with van der Waals surface area (Å²) in [7, 11) is 0. The van der Waals surface area contributed by atoms with E-state index in [9.17, 15) is 14.5 Å². The van der Waals surface area contributed by atoms with Crippen LogP contribution in [0.2, 0.25) is 0 Å². The zero-order valence-corrected chi connectivity index (χ0v) is 14.0. The highest BCUT2D eigenvalue weighted by atomic mass is 19.1. The lowest BCUT2D eigenvalue weighted by Crippen LogP contribution is -2.07. The van der Waals surface area contributed by atoms with Crippen molar-refractivity contribution in [3.05, 3.63) is 70.0 Å². The average Bonchev–Trinajstić information content (AvgIpc) is 2.83. The summed E-state index contributed by atoms with van der Waals surface area (Å²) in [5.74, 6) is 0.516. The molecular formula is C19H17FN4O2. The van der Waals surface area contributed by atoms with Gasteiger partial charge in [0.2, 0.25) is 0 Å². The molecule has 1 N–H and O–H groups in total. The second-order valence-corrected chi connectivity index (χ2v) is 6.22. The van der Waals surface area contributed by atoms with E-state index in [0.29, 0.717) is 16.9 Å². The van der Waals surface area contributed by atoms with Gasteiger partial charge in [-0.25, -0.2) is 9.07 Å². The van der Waals surface area contributed by atoms with Crippen molar-refractivity contribution in [2.45, 2.75) is 19.3 Å². The summed E-state index contributed by atoms with van der Waals surface area (Å²) < 4.78 is 16.1. The predicted molar refractivity (Wildman–Crippen MR) is 97.0 cm³/mol. The Labute approximate surface area is 149 Å². The number of aromatic nitrogens is 2. The second kappa shape index (κ2) is 6.59. The lowest BCUT2D eigenvalue weighted by molar-refractivity contribution is -0.384. The third-order valence-electron chi connectivity index (χ3n) is 4.56. The van der Waals surface area contributed by atoms with E-state index in [0.717, 1.165) is 37.2 Å². The Hall–Kier alpha value is -3.22. The molecule has 2 heterocycles. The molecule has 26 heavy (non-hydrogen) atoms. The van der Waals surface area contributed by atoms with Gasteiger partial charge < -0.3 is 5.32 Å². The van der Waals surface area contributed by atoms with E-state index in [1.54, 1.807) is 35.0 Å². The minimum atomic E-state index is -0.434. The number of nitrogens with one attached hydrogen (secondary N) is 1. The third kappa shape index (κ3) is 2.81.